The zero-order chi connectivity index (χ0) is 25.9. The molecule has 1 N–H and O–H groups in total. The third-order valence-electron chi connectivity index (χ3n) is 4.88. The number of nitrogens with zero attached hydrogens (tertiary/aromatic N) is 1. The lowest BCUT2D eigenvalue weighted by Crippen LogP contribution is -2.24. The number of amides is 1. The summed E-state index contributed by atoms with van der Waals surface area (Å²) >= 11 is 3.39. The van der Waals surface area contributed by atoms with Crippen LogP contribution in [0.25, 0.3) is 0 Å². The predicted molar refractivity (Wildman–Crippen MR) is 140 cm³/mol. The molecule has 3 rings (SSSR count). The van der Waals surface area contributed by atoms with E-state index in [2.05, 4.69) is 33.0 Å². The van der Waals surface area contributed by atoms with Gasteiger partial charge < -0.3 is 18.9 Å². The Morgan fingerprint density at radius 2 is 1.72 bits per heavy atom. The second-order valence-corrected chi connectivity index (χ2v) is 8.24. The standard InChI is InChI=1S/C27H25BrN2O6/c1-4-7-18-8-5-6-9-22(18)35-17-26(31)30-29-16-20-14-21(28)11-13-23(20)36-27(32)19-10-12-24(33-2)25(15-19)34-3/h4-6,8-16H,1,7,17H2,2-3H3,(H,30,31). The molecule has 3 aromatic rings. The number of ether oxygens (including phenoxy) is 4. The molecule has 0 spiro atoms. The number of para-hydroxylation sites is 1. The van der Waals surface area contributed by atoms with Gasteiger partial charge in [-0.3, -0.25) is 4.79 Å². The molecule has 0 aliphatic heterocycles. The van der Waals surface area contributed by atoms with E-state index in [1.807, 2.05) is 18.2 Å². The number of carbonyl (C=O) groups is 2. The molecule has 0 fully saturated rings. The van der Waals surface area contributed by atoms with Gasteiger partial charge in [-0.2, -0.15) is 5.10 Å². The van der Waals surface area contributed by atoms with E-state index < -0.39 is 11.9 Å². The van der Waals surface area contributed by atoms with Crippen molar-refractivity contribution in [3.05, 3.63) is 94.5 Å². The lowest BCUT2D eigenvalue weighted by Gasteiger charge is -2.11. The van der Waals surface area contributed by atoms with Gasteiger partial charge in [-0.15, -0.1) is 6.58 Å². The minimum atomic E-state index is -0.594. The molecule has 0 saturated carbocycles. The van der Waals surface area contributed by atoms with E-state index in [4.69, 9.17) is 18.9 Å². The number of hydrazone groups is 1. The Hall–Kier alpha value is -4.11. The van der Waals surface area contributed by atoms with Crippen molar-refractivity contribution < 1.29 is 28.5 Å². The first-order valence-corrected chi connectivity index (χ1v) is 11.6. The van der Waals surface area contributed by atoms with Crippen LogP contribution >= 0.6 is 15.9 Å². The lowest BCUT2D eigenvalue weighted by molar-refractivity contribution is -0.123. The molecule has 0 aliphatic carbocycles. The zero-order valence-electron chi connectivity index (χ0n) is 19.8. The number of nitrogens with one attached hydrogen (secondary N) is 1. The molecule has 36 heavy (non-hydrogen) atoms. The smallest absolute Gasteiger partial charge is 0.343 e. The Morgan fingerprint density at radius 1 is 0.972 bits per heavy atom. The van der Waals surface area contributed by atoms with E-state index in [1.165, 1.54) is 26.5 Å². The third kappa shape index (κ3) is 7.19. The van der Waals surface area contributed by atoms with Crippen LogP contribution in [0.2, 0.25) is 0 Å². The van der Waals surface area contributed by atoms with E-state index in [0.717, 1.165) is 10.0 Å². The van der Waals surface area contributed by atoms with Crippen molar-refractivity contribution in [2.24, 2.45) is 5.10 Å². The molecule has 1 amide bonds. The van der Waals surface area contributed by atoms with Crippen LogP contribution in [0.5, 0.6) is 23.0 Å². The molecule has 3 aromatic carbocycles. The summed E-state index contributed by atoms with van der Waals surface area (Å²) in [5.74, 6) is 0.719. The maximum Gasteiger partial charge on any atom is 0.343 e. The number of methoxy groups -OCH3 is 2. The van der Waals surface area contributed by atoms with Gasteiger partial charge in [0.15, 0.2) is 18.1 Å². The van der Waals surface area contributed by atoms with Gasteiger partial charge in [0.2, 0.25) is 0 Å². The fourth-order valence-corrected chi connectivity index (χ4v) is 3.53. The summed E-state index contributed by atoms with van der Waals surface area (Å²) in [5, 5.41) is 3.98. The van der Waals surface area contributed by atoms with E-state index in [-0.39, 0.29) is 17.9 Å². The highest BCUT2D eigenvalue weighted by Crippen LogP contribution is 2.29. The number of benzene rings is 3. The maximum absolute atomic E-state index is 12.7. The first-order chi connectivity index (χ1) is 17.4. The van der Waals surface area contributed by atoms with Crippen molar-refractivity contribution >= 4 is 34.0 Å². The number of hydrogen-bond acceptors (Lipinski definition) is 7. The van der Waals surface area contributed by atoms with Crippen LogP contribution in [-0.2, 0) is 11.2 Å². The third-order valence-corrected chi connectivity index (χ3v) is 5.38. The van der Waals surface area contributed by atoms with Gasteiger partial charge in [0.1, 0.15) is 11.5 Å². The van der Waals surface area contributed by atoms with Crippen molar-refractivity contribution in [1.29, 1.82) is 0 Å². The highest BCUT2D eigenvalue weighted by atomic mass is 79.9. The Kier molecular flexibility index (Phi) is 9.64. The van der Waals surface area contributed by atoms with E-state index >= 15 is 0 Å². The zero-order valence-corrected chi connectivity index (χ0v) is 21.4. The maximum atomic E-state index is 12.7. The summed E-state index contributed by atoms with van der Waals surface area (Å²) < 4.78 is 22.4. The average molecular weight is 553 g/mol. The molecule has 186 valence electrons. The van der Waals surface area contributed by atoms with Gasteiger partial charge in [0.05, 0.1) is 26.0 Å². The fourth-order valence-electron chi connectivity index (χ4n) is 3.15. The van der Waals surface area contributed by atoms with Gasteiger partial charge >= 0.3 is 5.97 Å². The lowest BCUT2D eigenvalue weighted by atomic mass is 10.1. The molecule has 0 radical (unpaired) electrons. The van der Waals surface area contributed by atoms with E-state index in [0.29, 0.717) is 29.2 Å². The van der Waals surface area contributed by atoms with Crippen molar-refractivity contribution in [3.63, 3.8) is 0 Å². The number of esters is 1. The quantitative estimate of drug-likeness (QED) is 0.119. The SMILES string of the molecule is C=CCc1ccccc1OCC(=O)NN=Cc1cc(Br)ccc1OC(=O)c1ccc(OC)c(OC)c1. The topological polar surface area (TPSA) is 95.5 Å². The highest BCUT2D eigenvalue weighted by Gasteiger charge is 2.15. The minimum Gasteiger partial charge on any atom is -0.493 e. The second kappa shape index (κ2) is 13.1. The first kappa shape index (κ1) is 26.5. The Bertz CT molecular complexity index is 1270. The monoisotopic (exact) mass is 552 g/mol. The van der Waals surface area contributed by atoms with Crippen LogP contribution in [0.4, 0.5) is 0 Å². The number of rotatable bonds is 11. The van der Waals surface area contributed by atoms with Gasteiger partial charge in [-0.1, -0.05) is 40.2 Å². The average Bonchev–Trinajstić information content (AvgIpc) is 2.89. The van der Waals surface area contributed by atoms with Gasteiger partial charge in [0.25, 0.3) is 5.91 Å². The molecule has 0 saturated heterocycles. The molecule has 8 nitrogen and oxygen atoms in total. The number of halogens is 1. The Labute approximate surface area is 217 Å². The summed E-state index contributed by atoms with van der Waals surface area (Å²) in [6.07, 6.45) is 3.77. The molecule has 0 heterocycles. The molecule has 0 aromatic heterocycles. The van der Waals surface area contributed by atoms with Gasteiger partial charge in [-0.05, 0) is 54.4 Å². The van der Waals surface area contributed by atoms with Crippen molar-refractivity contribution in [1.82, 2.24) is 5.43 Å². The molecular weight excluding hydrogens is 528 g/mol. The number of allylic oxidation sites excluding steroid dienone is 1. The van der Waals surface area contributed by atoms with Crippen molar-refractivity contribution in [2.75, 3.05) is 20.8 Å². The van der Waals surface area contributed by atoms with Gasteiger partial charge in [0, 0.05) is 10.0 Å². The van der Waals surface area contributed by atoms with E-state index in [9.17, 15) is 9.59 Å². The van der Waals surface area contributed by atoms with Crippen LogP contribution in [0, 0.1) is 0 Å². The molecular formula is C27H25BrN2O6. The molecule has 0 bridgehead atoms. The Balaban J connectivity index is 1.65. The van der Waals surface area contributed by atoms with Crippen molar-refractivity contribution in [2.45, 2.75) is 6.42 Å². The second-order valence-electron chi connectivity index (χ2n) is 7.32. The van der Waals surface area contributed by atoms with Crippen molar-refractivity contribution in [3.8, 4) is 23.0 Å². The fraction of sp³-hybridized carbons (Fsp3) is 0.148. The van der Waals surface area contributed by atoms with Crippen LogP contribution in [0.1, 0.15) is 21.5 Å². The largest absolute Gasteiger partial charge is 0.493 e. The summed E-state index contributed by atoms with van der Waals surface area (Å²) in [4.78, 5) is 24.9. The summed E-state index contributed by atoms with van der Waals surface area (Å²) in [7, 11) is 2.99. The molecule has 0 unspecified atom stereocenters. The summed E-state index contributed by atoms with van der Waals surface area (Å²) in [5.41, 5.74) is 4.09. The molecule has 0 aliphatic rings. The Morgan fingerprint density at radius 3 is 2.47 bits per heavy atom. The normalized spacial score (nSPS) is 10.5. The first-order valence-electron chi connectivity index (χ1n) is 10.8. The van der Waals surface area contributed by atoms with E-state index in [1.54, 1.807) is 42.5 Å². The van der Waals surface area contributed by atoms with Gasteiger partial charge in [-0.25, -0.2) is 10.2 Å². The minimum absolute atomic E-state index is 0.217. The summed E-state index contributed by atoms with van der Waals surface area (Å²) in [6.45, 7) is 3.51. The number of hydrogen-bond donors (Lipinski definition) is 1. The highest BCUT2D eigenvalue weighted by molar-refractivity contribution is 9.10. The van der Waals surface area contributed by atoms with Crippen LogP contribution in [0.3, 0.4) is 0 Å². The molecule has 9 heteroatoms. The van der Waals surface area contributed by atoms with Crippen LogP contribution < -0.4 is 24.4 Å². The van der Waals surface area contributed by atoms with Crippen LogP contribution in [-0.4, -0.2) is 38.9 Å². The molecule has 0 atom stereocenters. The predicted octanol–water partition coefficient (Wildman–Crippen LogP) is 4.94. The van der Waals surface area contributed by atoms with Crippen LogP contribution in [0.15, 0.2) is 82.9 Å². The number of carbonyl (C=O) groups excluding carboxylic acids is 2. The summed E-state index contributed by atoms with van der Waals surface area (Å²) in [6, 6.07) is 17.2.